The molecule has 1 atom stereocenters. The topological polar surface area (TPSA) is 164 Å². The van der Waals surface area contributed by atoms with Crippen LogP contribution in [0.5, 0.6) is 5.75 Å². The van der Waals surface area contributed by atoms with Gasteiger partial charge >= 0.3 is 11.9 Å². The van der Waals surface area contributed by atoms with Gasteiger partial charge in [-0.15, -0.1) is 0 Å². The number of hydrogen-bond acceptors (Lipinski definition) is 11. The van der Waals surface area contributed by atoms with E-state index in [-0.39, 0.29) is 28.9 Å². The van der Waals surface area contributed by atoms with E-state index >= 15 is 0 Å². The summed E-state index contributed by atoms with van der Waals surface area (Å²) in [5, 5.41) is 21.6. The first-order valence-electron chi connectivity index (χ1n) is 12.8. The summed E-state index contributed by atoms with van der Waals surface area (Å²) in [5.74, 6) is -4.33. The van der Waals surface area contributed by atoms with E-state index in [1.54, 1.807) is 6.92 Å². The van der Waals surface area contributed by atoms with E-state index in [0.717, 1.165) is 14.2 Å². The highest BCUT2D eigenvalue weighted by atomic mass is 16.5. The lowest BCUT2D eigenvalue weighted by Gasteiger charge is -2.34. The Bertz CT molecular complexity index is 1700. The smallest absolute Gasteiger partial charge is 0.336 e. The maximum absolute atomic E-state index is 14.6. The predicted molar refractivity (Wildman–Crippen MR) is 143 cm³/mol. The number of methoxy groups -OCH3 is 3. The Balaban J connectivity index is 2.00. The fraction of sp³-hybridized carbons (Fsp3) is 0.258. The second kappa shape index (κ2) is 9.82. The first kappa shape index (κ1) is 28.0. The highest BCUT2D eigenvalue weighted by Crippen LogP contribution is 2.67. The van der Waals surface area contributed by atoms with Gasteiger partial charge in [0.2, 0.25) is 0 Å². The number of carbonyl (C=O) groups is 5. The molecule has 3 aliphatic rings. The highest BCUT2D eigenvalue weighted by molar-refractivity contribution is 6.38. The van der Waals surface area contributed by atoms with Crippen LogP contribution in [0.1, 0.15) is 38.0 Å². The van der Waals surface area contributed by atoms with Crippen LogP contribution in [-0.4, -0.2) is 68.1 Å². The largest absolute Gasteiger partial charge is 0.497 e. The van der Waals surface area contributed by atoms with E-state index in [4.69, 9.17) is 14.2 Å². The molecule has 0 saturated carbocycles. The van der Waals surface area contributed by atoms with Gasteiger partial charge in [0.25, 0.3) is 0 Å². The molecule has 1 heterocycles. The third-order valence-corrected chi connectivity index (χ3v) is 8.11. The van der Waals surface area contributed by atoms with E-state index < -0.39 is 62.9 Å². The molecule has 2 aromatic carbocycles. The molecule has 210 valence electrons. The van der Waals surface area contributed by atoms with Crippen LogP contribution in [0.2, 0.25) is 0 Å². The van der Waals surface area contributed by atoms with Crippen molar-refractivity contribution >= 4 is 29.3 Å². The number of nitrogens with zero attached hydrogens (tertiary/aromatic N) is 3. The molecule has 2 aromatic rings. The normalized spacial score (nSPS) is 19.3. The number of likely N-dealkylation sites (N-methyl/N-ethyl adjacent to an activating group) is 1. The molecule has 0 amide bonds. The van der Waals surface area contributed by atoms with Crippen LogP contribution in [0.3, 0.4) is 0 Å². The van der Waals surface area contributed by atoms with E-state index in [1.165, 1.54) is 60.5 Å². The summed E-state index contributed by atoms with van der Waals surface area (Å²) < 4.78 is 15.1. The van der Waals surface area contributed by atoms with Gasteiger partial charge in [0.05, 0.1) is 44.7 Å². The summed E-state index contributed by atoms with van der Waals surface area (Å²) in [7, 11) is 3.56. The molecule has 0 N–H and O–H groups in total. The maximum atomic E-state index is 14.6. The van der Waals surface area contributed by atoms with Crippen molar-refractivity contribution in [1.29, 1.82) is 10.5 Å². The fourth-order valence-corrected chi connectivity index (χ4v) is 6.34. The summed E-state index contributed by atoms with van der Waals surface area (Å²) in [4.78, 5) is 71.3. The molecule has 0 saturated heterocycles. The van der Waals surface area contributed by atoms with Gasteiger partial charge in [0, 0.05) is 34.4 Å². The SMILES string of the molecule is CCN1C2=C(C(=O)c3ccc(OC)cc3)C3(C(=O)c4ccccc4C3=O)C(C#N)(C#N)C2=C(C(=O)OC)C1C(=O)OC. The summed E-state index contributed by atoms with van der Waals surface area (Å²) in [5.41, 5.74) is -7.10. The van der Waals surface area contributed by atoms with Crippen molar-refractivity contribution in [2.45, 2.75) is 13.0 Å². The zero-order chi connectivity index (χ0) is 30.6. The summed E-state index contributed by atoms with van der Waals surface area (Å²) in [6.45, 7) is 1.56. The number of ketones is 3. The summed E-state index contributed by atoms with van der Waals surface area (Å²) >= 11 is 0. The quantitative estimate of drug-likeness (QED) is 0.287. The van der Waals surface area contributed by atoms with Crippen LogP contribution in [-0.2, 0) is 19.1 Å². The zero-order valence-corrected chi connectivity index (χ0v) is 23.0. The number of Topliss-reactive ketones (excluding diaryl/α,β-unsaturated/α-hetero) is 3. The molecule has 5 rings (SSSR count). The first-order chi connectivity index (χ1) is 20.2. The van der Waals surface area contributed by atoms with Crippen molar-refractivity contribution in [3.8, 4) is 17.9 Å². The number of allylic oxidation sites excluding steroid dienone is 2. The Morgan fingerprint density at radius 2 is 1.48 bits per heavy atom. The molecule has 1 unspecified atom stereocenters. The Labute approximate surface area is 240 Å². The maximum Gasteiger partial charge on any atom is 0.336 e. The molecule has 1 spiro atoms. The van der Waals surface area contributed by atoms with Crippen LogP contribution in [0.25, 0.3) is 0 Å². The summed E-state index contributed by atoms with van der Waals surface area (Å²) in [6.07, 6.45) is 0. The Kier molecular flexibility index (Phi) is 6.55. The molecule has 2 aliphatic carbocycles. The fourth-order valence-electron chi connectivity index (χ4n) is 6.34. The zero-order valence-electron chi connectivity index (χ0n) is 23.0. The van der Waals surface area contributed by atoms with Crippen molar-refractivity contribution < 1.29 is 38.2 Å². The van der Waals surface area contributed by atoms with Gasteiger partial charge in [0.15, 0.2) is 34.2 Å². The molecule has 11 heteroatoms. The molecule has 0 aromatic heterocycles. The van der Waals surface area contributed by atoms with Crippen molar-refractivity contribution in [2.75, 3.05) is 27.9 Å². The second-order valence-corrected chi connectivity index (χ2v) is 9.70. The number of carbonyl (C=O) groups excluding carboxylic acids is 5. The van der Waals surface area contributed by atoms with Crippen LogP contribution >= 0.6 is 0 Å². The number of fused-ring (bicyclic) bond motifs is 2. The van der Waals surface area contributed by atoms with Gasteiger partial charge in [-0.3, -0.25) is 14.4 Å². The monoisotopic (exact) mass is 565 g/mol. The number of benzene rings is 2. The highest BCUT2D eigenvalue weighted by Gasteiger charge is 2.78. The molecule has 0 bridgehead atoms. The second-order valence-electron chi connectivity index (χ2n) is 9.70. The lowest BCUT2D eigenvalue weighted by Crippen LogP contribution is -2.50. The average Bonchev–Trinajstić information content (AvgIpc) is 3.59. The van der Waals surface area contributed by atoms with Gasteiger partial charge < -0.3 is 19.1 Å². The molecule has 1 aliphatic heterocycles. The molecular weight excluding hydrogens is 542 g/mol. The number of esters is 2. The van der Waals surface area contributed by atoms with Gasteiger partial charge in [-0.25, -0.2) is 9.59 Å². The Morgan fingerprint density at radius 1 is 0.905 bits per heavy atom. The van der Waals surface area contributed by atoms with Crippen molar-refractivity contribution in [3.05, 3.63) is 87.6 Å². The van der Waals surface area contributed by atoms with E-state index in [1.807, 2.05) is 12.1 Å². The van der Waals surface area contributed by atoms with Gasteiger partial charge in [-0.05, 0) is 31.2 Å². The van der Waals surface area contributed by atoms with Gasteiger partial charge in [-0.1, -0.05) is 24.3 Å². The van der Waals surface area contributed by atoms with Crippen LogP contribution in [0.15, 0.2) is 70.9 Å². The van der Waals surface area contributed by atoms with Crippen molar-refractivity contribution in [3.63, 3.8) is 0 Å². The molecule has 42 heavy (non-hydrogen) atoms. The minimum absolute atomic E-state index is 0.0115. The molecule has 0 fully saturated rings. The number of ether oxygens (including phenoxy) is 3. The molecule has 0 radical (unpaired) electrons. The van der Waals surface area contributed by atoms with E-state index in [2.05, 4.69) is 0 Å². The average molecular weight is 566 g/mol. The van der Waals surface area contributed by atoms with E-state index in [9.17, 15) is 34.5 Å². The first-order valence-corrected chi connectivity index (χ1v) is 12.8. The van der Waals surface area contributed by atoms with Gasteiger partial charge in [0.1, 0.15) is 5.75 Å². The third-order valence-electron chi connectivity index (χ3n) is 8.11. The van der Waals surface area contributed by atoms with Gasteiger partial charge in [-0.2, -0.15) is 10.5 Å². The van der Waals surface area contributed by atoms with Crippen molar-refractivity contribution in [2.24, 2.45) is 10.8 Å². The van der Waals surface area contributed by atoms with E-state index in [0.29, 0.717) is 5.75 Å². The Hall–Kier alpha value is -5.55. The number of hydrogen-bond donors (Lipinski definition) is 0. The molecule has 11 nitrogen and oxygen atoms in total. The minimum Gasteiger partial charge on any atom is -0.497 e. The standard InChI is InChI=1S/C31H23N3O8/c1-5-34-23(29(39)42-4)20(28(38)41-3)21-24(34)22(25(35)16-10-12-17(40-2)13-11-16)31(30(21,14-32)15-33)26(36)18-8-6-7-9-19(18)27(31)37/h6-13,23H,5H2,1-4H3. The third kappa shape index (κ3) is 3.16. The minimum atomic E-state index is -2.73. The van der Waals surface area contributed by atoms with Crippen molar-refractivity contribution in [1.82, 2.24) is 4.90 Å². The summed E-state index contributed by atoms with van der Waals surface area (Å²) in [6, 6.07) is 13.8. The molecular formula is C31H23N3O8. The lowest BCUT2D eigenvalue weighted by atomic mass is 9.58. The Morgan fingerprint density at radius 3 is 1.93 bits per heavy atom. The van der Waals surface area contributed by atoms with Crippen LogP contribution < -0.4 is 4.74 Å². The predicted octanol–water partition coefficient (Wildman–Crippen LogP) is 2.59. The number of nitriles is 2. The van der Waals surface area contributed by atoms with Crippen LogP contribution in [0.4, 0.5) is 0 Å². The number of rotatable bonds is 6. The van der Waals surface area contributed by atoms with Crippen LogP contribution in [0, 0.1) is 33.5 Å². The lowest BCUT2D eigenvalue weighted by molar-refractivity contribution is -0.147.